The van der Waals surface area contributed by atoms with Crippen molar-refractivity contribution in [3.05, 3.63) is 29.3 Å². The zero-order valence-electron chi connectivity index (χ0n) is 18.8. The number of benzene rings is 1. The van der Waals surface area contributed by atoms with Gasteiger partial charge in [0, 0.05) is 6.26 Å². The zero-order valence-corrected chi connectivity index (χ0v) is 19.6. The molecule has 29 heavy (non-hydrogen) atoms. The van der Waals surface area contributed by atoms with Gasteiger partial charge in [-0.15, -0.1) is 0 Å². The van der Waals surface area contributed by atoms with Gasteiger partial charge in [-0.25, -0.2) is 8.42 Å². The third-order valence-electron chi connectivity index (χ3n) is 5.14. The molecule has 0 aromatic heterocycles. The summed E-state index contributed by atoms with van der Waals surface area (Å²) in [5.41, 5.74) is 1.99. The van der Waals surface area contributed by atoms with Gasteiger partial charge in [0.15, 0.2) is 15.8 Å². The predicted octanol–water partition coefficient (Wildman–Crippen LogP) is 5.21. The van der Waals surface area contributed by atoms with Crippen LogP contribution >= 0.6 is 0 Å². The van der Waals surface area contributed by atoms with Crippen LogP contribution in [0.5, 0.6) is 5.75 Å². The molecule has 0 heterocycles. The Morgan fingerprint density at radius 2 is 1.72 bits per heavy atom. The molecule has 0 bridgehead atoms. The molecule has 0 aliphatic carbocycles. The van der Waals surface area contributed by atoms with Gasteiger partial charge < -0.3 is 9.84 Å². The van der Waals surface area contributed by atoms with Gasteiger partial charge in [0.05, 0.1) is 5.92 Å². The predicted molar refractivity (Wildman–Crippen MR) is 118 cm³/mol. The SMILES string of the molecule is CC(C)C(CCCCCCc1ccc(C(C)(C)C)c(OCS(C)(=O)=O)c1)C(=O)O. The lowest BCUT2D eigenvalue weighted by atomic mass is 9.85. The number of unbranched alkanes of at least 4 members (excludes halogenated alkanes) is 3. The van der Waals surface area contributed by atoms with Crippen molar-refractivity contribution in [3.63, 3.8) is 0 Å². The molecule has 0 aliphatic heterocycles. The summed E-state index contributed by atoms with van der Waals surface area (Å²) in [6, 6.07) is 6.09. The van der Waals surface area contributed by atoms with Crippen molar-refractivity contribution in [2.45, 2.75) is 78.6 Å². The highest BCUT2D eigenvalue weighted by Gasteiger charge is 2.21. The van der Waals surface area contributed by atoms with Crippen molar-refractivity contribution in [2.75, 3.05) is 12.2 Å². The van der Waals surface area contributed by atoms with E-state index in [1.807, 2.05) is 26.0 Å². The van der Waals surface area contributed by atoms with Crippen LogP contribution < -0.4 is 4.74 Å². The van der Waals surface area contributed by atoms with Crippen LogP contribution in [-0.2, 0) is 26.5 Å². The van der Waals surface area contributed by atoms with Crippen LogP contribution in [0, 0.1) is 11.8 Å². The third kappa shape index (κ3) is 9.66. The summed E-state index contributed by atoms with van der Waals surface area (Å²) in [6.45, 7) is 10.2. The minimum atomic E-state index is -3.21. The van der Waals surface area contributed by atoms with Crippen molar-refractivity contribution in [2.24, 2.45) is 11.8 Å². The minimum absolute atomic E-state index is 0.136. The maximum Gasteiger partial charge on any atom is 0.306 e. The van der Waals surface area contributed by atoms with Gasteiger partial charge in [0.25, 0.3) is 0 Å². The van der Waals surface area contributed by atoms with Gasteiger partial charge in [-0.1, -0.05) is 66.0 Å². The van der Waals surface area contributed by atoms with Crippen molar-refractivity contribution >= 4 is 15.8 Å². The average molecular weight is 427 g/mol. The number of carboxylic acid groups (broad SMARTS) is 1. The first kappa shape index (κ1) is 25.5. The fraction of sp³-hybridized carbons (Fsp3) is 0.696. The molecule has 5 nitrogen and oxygen atoms in total. The number of ether oxygens (including phenoxy) is 1. The monoisotopic (exact) mass is 426 g/mol. The third-order valence-corrected chi connectivity index (χ3v) is 5.68. The van der Waals surface area contributed by atoms with Crippen molar-refractivity contribution in [1.82, 2.24) is 0 Å². The maximum absolute atomic E-state index is 11.5. The van der Waals surface area contributed by atoms with Crippen LogP contribution in [-0.4, -0.2) is 31.7 Å². The van der Waals surface area contributed by atoms with E-state index >= 15 is 0 Å². The molecule has 0 fully saturated rings. The van der Waals surface area contributed by atoms with E-state index in [4.69, 9.17) is 4.74 Å². The molecule has 0 aliphatic rings. The lowest BCUT2D eigenvalue weighted by Gasteiger charge is -2.23. The number of hydrogen-bond donors (Lipinski definition) is 1. The highest BCUT2D eigenvalue weighted by atomic mass is 32.2. The molecule has 1 N–H and O–H groups in total. The number of carboxylic acids is 1. The van der Waals surface area contributed by atoms with E-state index in [2.05, 4.69) is 26.8 Å². The Labute approximate surface area is 176 Å². The molecular weight excluding hydrogens is 388 g/mol. The first-order valence-corrected chi connectivity index (χ1v) is 12.5. The van der Waals surface area contributed by atoms with Gasteiger partial charge in [-0.3, -0.25) is 4.79 Å². The normalized spacial score (nSPS) is 13.5. The van der Waals surface area contributed by atoms with Crippen molar-refractivity contribution < 1.29 is 23.1 Å². The molecule has 0 amide bonds. The average Bonchev–Trinajstić information content (AvgIpc) is 2.57. The van der Waals surface area contributed by atoms with Crippen molar-refractivity contribution in [1.29, 1.82) is 0 Å². The van der Waals surface area contributed by atoms with Crippen LogP contribution in [0.3, 0.4) is 0 Å². The maximum atomic E-state index is 11.5. The summed E-state index contributed by atoms with van der Waals surface area (Å²) in [7, 11) is -3.21. The van der Waals surface area contributed by atoms with Gasteiger partial charge in [0.1, 0.15) is 5.75 Å². The molecule has 1 unspecified atom stereocenters. The molecule has 0 saturated heterocycles. The molecule has 1 aromatic rings. The second-order valence-electron chi connectivity index (χ2n) is 9.41. The standard InChI is InChI=1S/C23H38O5S/c1-17(2)19(22(24)25)12-10-8-7-9-11-18-13-14-20(23(3,4)5)21(15-18)28-16-29(6,26)27/h13-15,17,19H,7-12,16H2,1-6H3,(H,24,25). The summed E-state index contributed by atoms with van der Waals surface area (Å²) in [6.07, 6.45) is 6.81. The topological polar surface area (TPSA) is 80.7 Å². The van der Waals surface area contributed by atoms with E-state index in [-0.39, 0.29) is 23.2 Å². The Balaban J connectivity index is 2.61. The molecule has 1 rings (SSSR count). The first-order chi connectivity index (χ1) is 13.3. The lowest BCUT2D eigenvalue weighted by Crippen LogP contribution is -2.19. The summed E-state index contributed by atoms with van der Waals surface area (Å²) in [5.74, 6) is -0.462. The van der Waals surface area contributed by atoms with Crippen LogP contribution in [0.1, 0.15) is 77.8 Å². The first-order valence-electron chi connectivity index (χ1n) is 10.5. The molecule has 0 saturated carbocycles. The fourth-order valence-corrected chi connectivity index (χ4v) is 3.76. The quantitative estimate of drug-likeness (QED) is 0.464. The molecule has 0 spiro atoms. The minimum Gasteiger partial charge on any atom is -0.481 e. The lowest BCUT2D eigenvalue weighted by molar-refractivity contribution is -0.143. The number of sulfone groups is 1. The highest BCUT2D eigenvalue weighted by Crippen LogP contribution is 2.33. The van der Waals surface area contributed by atoms with Crippen LogP contribution in [0.2, 0.25) is 0 Å². The van der Waals surface area contributed by atoms with E-state index in [1.54, 1.807) is 0 Å². The summed E-state index contributed by atoms with van der Waals surface area (Å²) in [5, 5.41) is 9.25. The highest BCUT2D eigenvalue weighted by molar-refractivity contribution is 7.90. The Morgan fingerprint density at radius 3 is 2.24 bits per heavy atom. The summed E-state index contributed by atoms with van der Waals surface area (Å²) < 4.78 is 28.6. The molecule has 1 atom stereocenters. The summed E-state index contributed by atoms with van der Waals surface area (Å²) in [4.78, 5) is 11.2. The van der Waals surface area contributed by atoms with Gasteiger partial charge >= 0.3 is 5.97 Å². The van der Waals surface area contributed by atoms with Gasteiger partial charge in [-0.05, 0) is 47.8 Å². The Morgan fingerprint density at radius 1 is 1.10 bits per heavy atom. The van der Waals surface area contributed by atoms with E-state index in [0.717, 1.165) is 49.7 Å². The zero-order chi connectivity index (χ0) is 22.2. The van der Waals surface area contributed by atoms with Crippen LogP contribution in [0.15, 0.2) is 18.2 Å². The second-order valence-corrected chi connectivity index (χ2v) is 11.5. The molecule has 0 radical (unpaired) electrons. The second kappa shape index (κ2) is 11.0. The largest absolute Gasteiger partial charge is 0.481 e. The van der Waals surface area contributed by atoms with Gasteiger partial charge in [0.2, 0.25) is 0 Å². The number of rotatable bonds is 12. The van der Waals surface area contributed by atoms with E-state index in [9.17, 15) is 18.3 Å². The van der Waals surface area contributed by atoms with Crippen LogP contribution in [0.4, 0.5) is 0 Å². The molecular formula is C23H38O5S. The Bertz CT molecular complexity index is 760. The fourth-order valence-electron chi connectivity index (χ4n) is 3.42. The number of hydrogen-bond acceptors (Lipinski definition) is 4. The summed E-state index contributed by atoms with van der Waals surface area (Å²) >= 11 is 0. The van der Waals surface area contributed by atoms with E-state index < -0.39 is 15.8 Å². The van der Waals surface area contributed by atoms with Gasteiger partial charge in [-0.2, -0.15) is 0 Å². The Kier molecular flexibility index (Phi) is 9.66. The molecule has 6 heteroatoms. The number of carbonyl (C=O) groups is 1. The molecule has 1 aromatic carbocycles. The smallest absolute Gasteiger partial charge is 0.306 e. The van der Waals surface area contributed by atoms with E-state index in [1.165, 1.54) is 6.26 Å². The Hall–Kier alpha value is -1.56. The van der Waals surface area contributed by atoms with Crippen LogP contribution in [0.25, 0.3) is 0 Å². The number of aryl methyl sites for hydroxylation is 1. The number of aliphatic carboxylic acids is 1. The van der Waals surface area contributed by atoms with E-state index in [0.29, 0.717) is 5.75 Å². The molecule has 166 valence electrons. The van der Waals surface area contributed by atoms with Crippen molar-refractivity contribution in [3.8, 4) is 5.75 Å².